The van der Waals surface area contributed by atoms with Crippen LogP contribution in [0.15, 0.2) is 0 Å². The Morgan fingerprint density at radius 2 is 1.90 bits per heavy atom. The fourth-order valence-corrected chi connectivity index (χ4v) is 1.85. The van der Waals surface area contributed by atoms with Gasteiger partial charge in [-0.25, -0.2) is 18.6 Å². The van der Waals surface area contributed by atoms with E-state index in [9.17, 15) is 18.4 Å². The predicted octanol–water partition coefficient (Wildman–Crippen LogP) is 1.65. The zero-order valence-corrected chi connectivity index (χ0v) is 12.3. The summed E-state index contributed by atoms with van der Waals surface area (Å²) in [5, 5.41) is 0.823. The highest BCUT2D eigenvalue weighted by Gasteiger charge is 2.51. The molecule has 1 saturated heterocycles. The Balaban J connectivity index is 2.91. The maximum Gasteiger partial charge on any atom is 0.411 e. The molecule has 1 fully saturated rings. The maximum atomic E-state index is 13.5. The molecule has 0 aromatic carbocycles. The van der Waals surface area contributed by atoms with Gasteiger partial charge in [-0.15, -0.1) is 0 Å². The molecule has 0 saturated carbocycles. The van der Waals surface area contributed by atoms with E-state index in [1.807, 2.05) is 0 Å². The van der Waals surface area contributed by atoms with Crippen molar-refractivity contribution in [3.8, 4) is 0 Å². The quantitative estimate of drug-likeness (QED) is 0.727. The average molecular weight is 294 g/mol. The van der Waals surface area contributed by atoms with Crippen LogP contribution in [0.5, 0.6) is 0 Å². The molecular weight excluding hydrogens is 274 g/mol. The van der Waals surface area contributed by atoms with Crippen LogP contribution < -0.4 is 0 Å². The number of hydrogen-bond donors (Lipinski definition) is 0. The molecular formula is C12H20F2N2O4. The zero-order valence-electron chi connectivity index (χ0n) is 12.3. The number of halogens is 2. The summed E-state index contributed by atoms with van der Waals surface area (Å²) in [6, 6.07) is -1.29. The van der Waals surface area contributed by atoms with Gasteiger partial charge in [0.2, 0.25) is 0 Å². The van der Waals surface area contributed by atoms with Gasteiger partial charge in [-0.1, -0.05) is 0 Å². The lowest BCUT2D eigenvalue weighted by molar-refractivity contribution is -0.173. The number of likely N-dealkylation sites (tertiary alicyclic amines) is 1. The molecule has 1 heterocycles. The molecule has 1 atom stereocenters. The molecule has 2 amide bonds. The minimum Gasteiger partial charge on any atom is -0.444 e. The van der Waals surface area contributed by atoms with E-state index in [2.05, 4.69) is 4.84 Å². The van der Waals surface area contributed by atoms with Gasteiger partial charge in [0.05, 0.1) is 13.7 Å². The van der Waals surface area contributed by atoms with Crippen molar-refractivity contribution in [1.29, 1.82) is 0 Å². The Kier molecular flexibility index (Phi) is 4.58. The first-order valence-corrected chi connectivity index (χ1v) is 6.16. The van der Waals surface area contributed by atoms with Crippen LogP contribution in [-0.2, 0) is 14.4 Å². The predicted molar refractivity (Wildman–Crippen MR) is 66.1 cm³/mol. The van der Waals surface area contributed by atoms with Gasteiger partial charge in [0.25, 0.3) is 11.8 Å². The molecule has 8 heteroatoms. The van der Waals surface area contributed by atoms with E-state index in [1.54, 1.807) is 20.8 Å². The molecule has 0 unspecified atom stereocenters. The summed E-state index contributed by atoms with van der Waals surface area (Å²) in [7, 11) is 2.54. The lowest BCUT2D eigenvalue weighted by atomic mass is 10.2. The summed E-state index contributed by atoms with van der Waals surface area (Å²) in [5.41, 5.74) is -0.824. The van der Waals surface area contributed by atoms with Crippen LogP contribution >= 0.6 is 0 Å². The van der Waals surface area contributed by atoms with Crippen LogP contribution in [0.25, 0.3) is 0 Å². The highest BCUT2D eigenvalue weighted by Crippen LogP contribution is 2.33. The molecule has 0 aromatic heterocycles. The Hall–Kier alpha value is -1.44. The van der Waals surface area contributed by atoms with Crippen molar-refractivity contribution in [2.45, 2.75) is 44.8 Å². The van der Waals surface area contributed by atoms with Gasteiger partial charge in [0.15, 0.2) is 0 Å². The van der Waals surface area contributed by atoms with Crippen LogP contribution in [0.3, 0.4) is 0 Å². The van der Waals surface area contributed by atoms with Gasteiger partial charge < -0.3 is 4.74 Å². The lowest BCUT2D eigenvalue weighted by Gasteiger charge is -2.28. The topological polar surface area (TPSA) is 59.1 Å². The van der Waals surface area contributed by atoms with Gasteiger partial charge >= 0.3 is 6.09 Å². The summed E-state index contributed by atoms with van der Waals surface area (Å²) < 4.78 is 32.1. The highest BCUT2D eigenvalue weighted by molar-refractivity contribution is 5.85. The summed E-state index contributed by atoms with van der Waals surface area (Å²) >= 11 is 0. The van der Waals surface area contributed by atoms with Crippen molar-refractivity contribution < 1.29 is 27.9 Å². The third-order valence-electron chi connectivity index (χ3n) is 2.77. The Morgan fingerprint density at radius 3 is 2.35 bits per heavy atom. The number of carbonyl (C=O) groups is 2. The molecule has 0 radical (unpaired) electrons. The normalized spacial score (nSPS) is 21.8. The molecule has 0 aromatic rings. The molecule has 1 aliphatic rings. The first kappa shape index (κ1) is 16.6. The number of likely N-dealkylation sites (N-methyl/N-ethyl adjacent to an activating group) is 1. The highest BCUT2D eigenvalue weighted by atomic mass is 19.3. The average Bonchev–Trinajstić information content (AvgIpc) is 2.61. The Labute approximate surface area is 116 Å². The minimum atomic E-state index is -3.12. The number of hydrogen-bond acceptors (Lipinski definition) is 4. The van der Waals surface area contributed by atoms with E-state index in [4.69, 9.17) is 4.74 Å². The SMILES string of the molecule is CON(C)C(=O)[C@H]1CC(F)(F)CN1C(=O)OC(C)(C)C. The van der Waals surface area contributed by atoms with E-state index in [0.717, 1.165) is 9.96 Å². The molecule has 20 heavy (non-hydrogen) atoms. The Morgan fingerprint density at radius 1 is 1.35 bits per heavy atom. The number of carbonyl (C=O) groups excluding carboxylic acids is 2. The van der Waals surface area contributed by atoms with Crippen LogP contribution in [0, 0.1) is 0 Å². The van der Waals surface area contributed by atoms with Gasteiger partial charge in [0, 0.05) is 13.5 Å². The molecule has 0 aliphatic carbocycles. The van der Waals surface area contributed by atoms with Gasteiger partial charge in [0.1, 0.15) is 11.6 Å². The minimum absolute atomic E-state index is 0.712. The van der Waals surface area contributed by atoms with E-state index < -0.39 is 42.5 Å². The van der Waals surface area contributed by atoms with Crippen LogP contribution in [-0.4, -0.2) is 60.2 Å². The van der Waals surface area contributed by atoms with Gasteiger partial charge in [-0.2, -0.15) is 0 Å². The molecule has 1 rings (SSSR count). The third-order valence-corrected chi connectivity index (χ3v) is 2.77. The van der Waals surface area contributed by atoms with Gasteiger partial charge in [-0.05, 0) is 20.8 Å². The summed E-state index contributed by atoms with van der Waals surface area (Å²) in [5.74, 6) is -3.83. The van der Waals surface area contributed by atoms with E-state index in [-0.39, 0.29) is 0 Å². The summed E-state index contributed by atoms with van der Waals surface area (Å²) in [6.45, 7) is 4.03. The third kappa shape index (κ3) is 4.03. The lowest BCUT2D eigenvalue weighted by Crippen LogP contribution is -2.47. The molecule has 0 bridgehead atoms. The number of ether oxygens (including phenoxy) is 1. The molecule has 0 N–H and O–H groups in total. The van der Waals surface area contributed by atoms with E-state index in [0.29, 0.717) is 0 Å². The maximum absolute atomic E-state index is 13.5. The number of nitrogens with zero attached hydrogens (tertiary/aromatic N) is 2. The molecule has 1 aliphatic heterocycles. The molecule has 116 valence electrons. The van der Waals surface area contributed by atoms with Crippen molar-refractivity contribution in [3.63, 3.8) is 0 Å². The number of rotatable bonds is 2. The van der Waals surface area contributed by atoms with Crippen molar-refractivity contribution in [2.75, 3.05) is 20.7 Å². The van der Waals surface area contributed by atoms with Crippen molar-refractivity contribution in [3.05, 3.63) is 0 Å². The molecule has 0 spiro atoms. The van der Waals surface area contributed by atoms with Crippen LogP contribution in [0.2, 0.25) is 0 Å². The number of alkyl halides is 2. The smallest absolute Gasteiger partial charge is 0.411 e. The van der Waals surface area contributed by atoms with Crippen molar-refractivity contribution in [1.82, 2.24) is 9.96 Å². The summed E-state index contributed by atoms with van der Waals surface area (Å²) in [6.07, 6.45) is -1.67. The second-order valence-corrected chi connectivity index (χ2v) is 5.70. The fourth-order valence-electron chi connectivity index (χ4n) is 1.85. The Bertz CT molecular complexity index is 395. The first-order valence-electron chi connectivity index (χ1n) is 6.16. The zero-order chi connectivity index (χ0) is 15.7. The number of amides is 2. The van der Waals surface area contributed by atoms with Gasteiger partial charge in [-0.3, -0.25) is 14.5 Å². The first-order chi connectivity index (χ1) is 8.97. The second kappa shape index (κ2) is 5.51. The van der Waals surface area contributed by atoms with Crippen LogP contribution in [0.1, 0.15) is 27.2 Å². The van der Waals surface area contributed by atoms with E-state index in [1.165, 1.54) is 14.2 Å². The molecule has 6 nitrogen and oxygen atoms in total. The van der Waals surface area contributed by atoms with E-state index >= 15 is 0 Å². The number of hydroxylamine groups is 2. The summed E-state index contributed by atoms with van der Waals surface area (Å²) in [4.78, 5) is 29.3. The standard InChI is InChI=1S/C12H20F2N2O4/c1-11(2,3)20-10(18)16-7-12(13,14)6-8(16)9(17)15(4)19-5/h8H,6-7H2,1-5H3/t8-/m1/s1. The van der Waals surface area contributed by atoms with Crippen molar-refractivity contribution >= 4 is 12.0 Å². The van der Waals surface area contributed by atoms with Crippen molar-refractivity contribution in [2.24, 2.45) is 0 Å². The largest absolute Gasteiger partial charge is 0.444 e. The monoisotopic (exact) mass is 294 g/mol. The van der Waals surface area contributed by atoms with Crippen LogP contribution in [0.4, 0.5) is 13.6 Å². The second-order valence-electron chi connectivity index (χ2n) is 5.70. The fraction of sp³-hybridized carbons (Fsp3) is 0.833.